The van der Waals surface area contributed by atoms with E-state index in [-0.39, 0.29) is 0 Å². The van der Waals surface area contributed by atoms with Crippen molar-refractivity contribution in [2.24, 2.45) is 0 Å². The van der Waals surface area contributed by atoms with Crippen LogP contribution in [0.15, 0.2) is 24.3 Å². The van der Waals surface area contributed by atoms with Crippen LogP contribution >= 0.6 is 0 Å². The standard InChI is InChI=1S/C10H9N3O2/c11-10-7-5-6(2-4-9(14)15)1-3-8(7)12-13-10/h1-5H,(H,14,15)(H3,11,12,13)/b4-2-. The van der Waals surface area contributed by atoms with Gasteiger partial charge in [0.2, 0.25) is 0 Å². The number of hydrogen-bond donors (Lipinski definition) is 3. The topological polar surface area (TPSA) is 92.0 Å². The van der Waals surface area contributed by atoms with E-state index in [0.717, 1.165) is 22.5 Å². The molecule has 0 aliphatic rings. The van der Waals surface area contributed by atoms with Crippen molar-refractivity contribution in [2.75, 3.05) is 5.73 Å². The first kappa shape index (κ1) is 9.26. The molecule has 0 unspecified atom stereocenters. The molecule has 2 rings (SSSR count). The van der Waals surface area contributed by atoms with Crippen molar-refractivity contribution in [3.05, 3.63) is 29.8 Å². The number of nitrogens with two attached hydrogens (primary N) is 1. The molecule has 5 nitrogen and oxygen atoms in total. The van der Waals surface area contributed by atoms with Crippen LogP contribution in [-0.2, 0) is 4.79 Å². The Morgan fingerprint density at radius 3 is 3.07 bits per heavy atom. The molecule has 0 bridgehead atoms. The molecular weight excluding hydrogens is 194 g/mol. The third-order valence-electron chi connectivity index (χ3n) is 2.03. The zero-order valence-corrected chi connectivity index (χ0v) is 7.77. The maximum Gasteiger partial charge on any atom is 0.328 e. The van der Waals surface area contributed by atoms with Crippen molar-refractivity contribution in [1.29, 1.82) is 0 Å². The number of aliphatic carboxylic acids is 1. The Labute approximate surface area is 85.2 Å². The molecular formula is C10H9N3O2. The fourth-order valence-electron chi connectivity index (χ4n) is 1.32. The van der Waals surface area contributed by atoms with Gasteiger partial charge in [-0.3, -0.25) is 5.10 Å². The second-order valence-electron chi connectivity index (χ2n) is 3.09. The smallest absolute Gasteiger partial charge is 0.328 e. The Bertz CT molecular complexity index is 543. The summed E-state index contributed by atoms with van der Waals surface area (Å²) in [6.07, 6.45) is 2.59. The van der Waals surface area contributed by atoms with Gasteiger partial charge in [-0.1, -0.05) is 6.07 Å². The summed E-state index contributed by atoms with van der Waals surface area (Å²) in [6.45, 7) is 0. The maximum atomic E-state index is 10.3. The number of anilines is 1. The Hall–Kier alpha value is -2.30. The second-order valence-corrected chi connectivity index (χ2v) is 3.09. The minimum Gasteiger partial charge on any atom is -0.478 e. The molecule has 5 heteroatoms. The summed E-state index contributed by atoms with van der Waals surface area (Å²) in [5, 5.41) is 15.9. The molecule has 15 heavy (non-hydrogen) atoms. The number of nitrogens with zero attached hydrogens (tertiary/aromatic N) is 1. The number of H-pyrrole nitrogens is 1. The number of carboxylic acids is 1. The van der Waals surface area contributed by atoms with Crippen LogP contribution in [0.3, 0.4) is 0 Å². The van der Waals surface area contributed by atoms with Gasteiger partial charge in [0.25, 0.3) is 0 Å². The van der Waals surface area contributed by atoms with Crippen molar-refractivity contribution in [3.63, 3.8) is 0 Å². The average molecular weight is 203 g/mol. The summed E-state index contributed by atoms with van der Waals surface area (Å²) in [6, 6.07) is 5.38. The quantitative estimate of drug-likeness (QED) is 0.640. The predicted molar refractivity (Wildman–Crippen MR) is 57.2 cm³/mol. The van der Waals surface area contributed by atoms with Crippen molar-refractivity contribution in [1.82, 2.24) is 10.2 Å². The van der Waals surface area contributed by atoms with E-state index in [1.54, 1.807) is 18.2 Å². The minimum absolute atomic E-state index is 0.413. The van der Waals surface area contributed by atoms with Crippen LogP contribution in [0.25, 0.3) is 17.0 Å². The molecule has 1 heterocycles. The molecule has 0 aliphatic heterocycles. The number of aromatic amines is 1. The van der Waals surface area contributed by atoms with E-state index in [1.807, 2.05) is 0 Å². The molecule has 0 amide bonds. The molecule has 0 fully saturated rings. The van der Waals surface area contributed by atoms with Gasteiger partial charge in [-0.2, -0.15) is 5.10 Å². The number of benzene rings is 1. The summed E-state index contributed by atoms with van der Waals surface area (Å²) < 4.78 is 0. The lowest BCUT2D eigenvalue weighted by Gasteiger charge is -1.93. The van der Waals surface area contributed by atoms with E-state index >= 15 is 0 Å². The maximum absolute atomic E-state index is 10.3. The fraction of sp³-hybridized carbons (Fsp3) is 0. The van der Waals surface area contributed by atoms with E-state index < -0.39 is 5.97 Å². The first-order valence-electron chi connectivity index (χ1n) is 4.31. The van der Waals surface area contributed by atoms with Crippen LogP contribution in [0.2, 0.25) is 0 Å². The second kappa shape index (κ2) is 3.45. The van der Waals surface area contributed by atoms with Crippen molar-refractivity contribution in [2.45, 2.75) is 0 Å². The van der Waals surface area contributed by atoms with Crippen LogP contribution in [-0.4, -0.2) is 21.3 Å². The summed E-state index contributed by atoms with van der Waals surface area (Å²) in [7, 11) is 0. The van der Waals surface area contributed by atoms with Crippen molar-refractivity contribution < 1.29 is 9.90 Å². The lowest BCUT2D eigenvalue weighted by molar-refractivity contribution is -0.131. The van der Waals surface area contributed by atoms with Gasteiger partial charge in [-0.05, 0) is 23.8 Å². The summed E-state index contributed by atoms with van der Waals surface area (Å²) in [5.41, 5.74) is 7.23. The molecule has 0 saturated heterocycles. The third-order valence-corrected chi connectivity index (χ3v) is 2.03. The van der Waals surface area contributed by atoms with Crippen LogP contribution in [0.5, 0.6) is 0 Å². The van der Waals surface area contributed by atoms with Crippen LogP contribution in [0.4, 0.5) is 5.82 Å². The Morgan fingerprint density at radius 2 is 2.33 bits per heavy atom. The minimum atomic E-state index is -0.977. The average Bonchev–Trinajstić information content (AvgIpc) is 2.57. The summed E-state index contributed by atoms with van der Waals surface area (Å²) >= 11 is 0. The highest BCUT2D eigenvalue weighted by molar-refractivity contribution is 5.91. The van der Waals surface area contributed by atoms with E-state index in [1.165, 1.54) is 6.08 Å². The largest absolute Gasteiger partial charge is 0.478 e. The Kier molecular flexibility index (Phi) is 2.13. The van der Waals surface area contributed by atoms with Gasteiger partial charge < -0.3 is 10.8 Å². The molecule has 0 aliphatic carbocycles. The SMILES string of the molecule is Nc1n[nH]c2ccc(/C=C\C(=O)O)cc12. The van der Waals surface area contributed by atoms with Gasteiger partial charge in [0.15, 0.2) is 5.82 Å². The van der Waals surface area contributed by atoms with Crippen molar-refractivity contribution >= 4 is 28.8 Å². The molecule has 2 aromatic rings. The molecule has 1 aromatic carbocycles. The van der Waals surface area contributed by atoms with Crippen LogP contribution in [0, 0.1) is 0 Å². The van der Waals surface area contributed by atoms with Gasteiger partial charge >= 0.3 is 5.97 Å². The highest BCUT2D eigenvalue weighted by Crippen LogP contribution is 2.19. The molecule has 0 spiro atoms. The molecule has 1 aromatic heterocycles. The summed E-state index contributed by atoms with van der Waals surface area (Å²) in [4.78, 5) is 10.3. The van der Waals surface area contributed by atoms with Crippen LogP contribution < -0.4 is 5.73 Å². The number of aromatic nitrogens is 2. The Morgan fingerprint density at radius 1 is 1.53 bits per heavy atom. The Balaban J connectivity index is 2.46. The first-order chi connectivity index (χ1) is 7.16. The fourth-order valence-corrected chi connectivity index (χ4v) is 1.32. The molecule has 0 atom stereocenters. The number of carbonyl (C=O) groups is 1. The number of rotatable bonds is 2. The van der Waals surface area contributed by atoms with Gasteiger partial charge in [-0.25, -0.2) is 4.79 Å². The molecule has 4 N–H and O–H groups in total. The van der Waals surface area contributed by atoms with E-state index in [0.29, 0.717) is 5.82 Å². The number of nitrogen functional groups attached to an aromatic ring is 1. The number of fused-ring (bicyclic) bond motifs is 1. The van der Waals surface area contributed by atoms with Gasteiger partial charge in [0.1, 0.15) is 0 Å². The number of hydrogen-bond acceptors (Lipinski definition) is 3. The highest BCUT2D eigenvalue weighted by atomic mass is 16.4. The number of carboxylic acid groups (broad SMARTS) is 1. The molecule has 0 saturated carbocycles. The highest BCUT2D eigenvalue weighted by Gasteiger charge is 2.01. The lowest BCUT2D eigenvalue weighted by atomic mass is 10.1. The molecule has 0 radical (unpaired) electrons. The third kappa shape index (κ3) is 1.80. The zero-order chi connectivity index (χ0) is 10.8. The van der Waals surface area contributed by atoms with E-state index in [2.05, 4.69) is 10.2 Å². The van der Waals surface area contributed by atoms with Crippen molar-refractivity contribution in [3.8, 4) is 0 Å². The van der Waals surface area contributed by atoms with Gasteiger partial charge in [-0.15, -0.1) is 0 Å². The predicted octanol–water partition coefficient (Wildman–Crippen LogP) is 1.24. The summed E-state index contributed by atoms with van der Waals surface area (Å²) in [5.74, 6) is -0.564. The zero-order valence-electron chi connectivity index (χ0n) is 7.77. The monoisotopic (exact) mass is 203 g/mol. The molecule has 76 valence electrons. The lowest BCUT2D eigenvalue weighted by Crippen LogP contribution is -1.86. The van der Waals surface area contributed by atoms with Crippen LogP contribution in [0.1, 0.15) is 5.56 Å². The van der Waals surface area contributed by atoms with Gasteiger partial charge in [0, 0.05) is 11.5 Å². The normalized spacial score (nSPS) is 11.2. The van der Waals surface area contributed by atoms with E-state index in [4.69, 9.17) is 10.8 Å². The first-order valence-corrected chi connectivity index (χ1v) is 4.31. The van der Waals surface area contributed by atoms with Gasteiger partial charge in [0.05, 0.1) is 5.52 Å². The number of nitrogens with one attached hydrogen (secondary N) is 1. The van der Waals surface area contributed by atoms with E-state index in [9.17, 15) is 4.79 Å².